The first kappa shape index (κ1) is 19.0. The van der Waals surface area contributed by atoms with Gasteiger partial charge in [-0.3, -0.25) is 4.79 Å². The average molecular weight is 385 g/mol. The molecule has 146 valence electrons. The van der Waals surface area contributed by atoms with E-state index in [0.29, 0.717) is 17.9 Å². The molecule has 0 saturated carbocycles. The summed E-state index contributed by atoms with van der Waals surface area (Å²) in [4.78, 5) is 17.3. The number of fused-ring (bicyclic) bond motifs is 1. The van der Waals surface area contributed by atoms with Crippen LogP contribution in [0.25, 0.3) is 0 Å². The molecular weight excluding hydrogens is 367 g/mol. The maximum absolute atomic E-state index is 12.6. The Morgan fingerprint density at radius 3 is 2.85 bits per heavy atom. The Balaban J connectivity index is 1.58. The Hall–Kier alpha value is -2.78. The zero-order valence-corrected chi connectivity index (χ0v) is 14.7. The Labute approximate surface area is 153 Å². The van der Waals surface area contributed by atoms with Gasteiger partial charge in [-0.05, 0) is 18.1 Å². The summed E-state index contributed by atoms with van der Waals surface area (Å²) in [6.45, 7) is 0.369. The molecule has 0 N–H and O–H groups in total. The predicted molar refractivity (Wildman–Crippen MR) is 86.3 cm³/mol. The first-order valence-corrected chi connectivity index (χ1v) is 8.23. The number of alkyl halides is 3. The van der Waals surface area contributed by atoms with Gasteiger partial charge in [-0.15, -0.1) is 0 Å². The van der Waals surface area contributed by atoms with Crippen molar-refractivity contribution in [1.29, 1.82) is 0 Å². The monoisotopic (exact) mass is 385 g/mol. The van der Waals surface area contributed by atoms with E-state index >= 15 is 0 Å². The second kappa shape index (κ2) is 7.45. The van der Waals surface area contributed by atoms with Crippen LogP contribution in [0.1, 0.15) is 17.3 Å². The zero-order chi connectivity index (χ0) is 19.6. The van der Waals surface area contributed by atoms with E-state index in [9.17, 15) is 18.0 Å². The summed E-state index contributed by atoms with van der Waals surface area (Å²) in [5, 5.41) is 3.29. The van der Waals surface area contributed by atoms with Crippen molar-refractivity contribution in [3.05, 3.63) is 35.5 Å². The molecule has 2 aromatic rings. The number of hydrogen-bond acceptors (Lipinski definition) is 6. The molecular formula is C17H18F3N3O4. The number of halogens is 3. The molecule has 0 fully saturated rings. The van der Waals surface area contributed by atoms with Crippen molar-refractivity contribution < 1.29 is 32.0 Å². The van der Waals surface area contributed by atoms with E-state index in [1.54, 1.807) is 20.2 Å². The standard InChI is InChI=1S/C17H18F3N3O4/c1-23(7-6-13-21-16(27-22-13)17(18,19)20)15(24)11-8-10-4-3-5-12(25-2)14(10)26-9-11/h3-5,11H,6-9H2,1-2H3. The van der Waals surface area contributed by atoms with Gasteiger partial charge in [-0.1, -0.05) is 17.3 Å². The number of ether oxygens (including phenoxy) is 2. The summed E-state index contributed by atoms with van der Waals surface area (Å²) in [5.74, 6) is -0.786. The molecule has 1 amide bonds. The van der Waals surface area contributed by atoms with E-state index in [4.69, 9.17) is 9.47 Å². The van der Waals surface area contributed by atoms with Crippen LogP contribution in [0.2, 0.25) is 0 Å². The van der Waals surface area contributed by atoms with Gasteiger partial charge >= 0.3 is 12.1 Å². The number of para-hydroxylation sites is 1. The summed E-state index contributed by atoms with van der Waals surface area (Å²) < 4.78 is 52.5. The van der Waals surface area contributed by atoms with Crippen LogP contribution in [0.3, 0.4) is 0 Å². The molecule has 1 aromatic heterocycles. The van der Waals surface area contributed by atoms with E-state index in [1.165, 1.54) is 4.90 Å². The van der Waals surface area contributed by atoms with Gasteiger partial charge < -0.3 is 18.9 Å². The number of methoxy groups -OCH3 is 1. The molecule has 1 aliphatic rings. The van der Waals surface area contributed by atoms with Gasteiger partial charge in [-0.25, -0.2) is 0 Å². The fourth-order valence-corrected chi connectivity index (χ4v) is 2.87. The second-order valence-electron chi connectivity index (χ2n) is 6.18. The highest BCUT2D eigenvalue weighted by atomic mass is 19.4. The number of nitrogens with zero attached hydrogens (tertiary/aromatic N) is 3. The minimum atomic E-state index is -4.68. The van der Waals surface area contributed by atoms with Crippen molar-refractivity contribution in [1.82, 2.24) is 15.0 Å². The van der Waals surface area contributed by atoms with Gasteiger partial charge in [0.05, 0.1) is 13.0 Å². The summed E-state index contributed by atoms with van der Waals surface area (Å²) in [6.07, 6.45) is -4.13. The van der Waals surface area contributed by atoms with Crippen molar-refractivity contribution in [3.63, 3.8) is 0 Å². The van der Waals surface area contributed by atoms with Crippen LogP contribution in [0.4, 0.5) is 13.2 Å². The molecule has 0 bridgehead atoms. The highest BCUT2D eigenvalue weighted by molar-refractivity contribution is 5.79. The topological polar surface area (TPSA) is 77.7 Å². The minimum Gasteiger partial charge on any atom is -0.493 e. The van der Waals surface area contributed by atoms with Gasteiger partial charge in [0.15, 0.2) is 17.3 Å². The predicted octanol–water partition coefficient (Wildman–Crippen LogP) is 2.35. The molecule has 2 heterocycles. The number of carbonyl (C=O) groups excluding carboxylic acids is 1. The lowest BCUT2D eigenvalue weighted by Crippen LogP contribution is -2.39. The van der Waals surface area contributed by atoms with Crippen LogP contribution in [-0.4, -0.2) is 48.3 Å². The molecule has 0 spiro atoms. The Kier molecular flexibility index (Phi) is 5.24. The van der Waals surface area contributed by atoms with Gasteiger partial charge in [0.1, 0.15) is 6.61 Å². The first-order valence-electron chi connectivity index (χ1n) is 8.23. The molecule has 1 aliphatic heterocycles. The van der Waals surface area contributed by atoms with E-state index in [2.05, 4.69) is 14.7 Å². The fourth-order valence-electron chi connectivity index (χ4n) is 2.87. The minimum absolute atomic E-state index is 0.0554. The molecule has 7 nitrogen and oxygen atoms in total. The van der Waals surface area contributed by atoms with Gasteiger partial charge in [0.25, 0.3) is 0 Å². The van der Waals surface area contributed by atoms with Crippen molar-refractivity contribution in [2.75, 3.05) is 27.3 Å². The number of aromatic nitrogens is 2. The van der Waals surface area contributed by atoms with Crippen molar-refractivity contribution in [3.8, 4) is 11.5 Å². The second-order valence-corrected chi connectivity index (χ2v) is 6.18. The molecule has 1 atom stereocenters. The van der Waals surface area contributed by atoms with E-state index in [1.807, 2.05) is 12.1 Å². The molecule has 1 aromatic carbocycles. The quantitative estimate of drug-likeness (QED) is 0.786. The van der Waals surface area contributed by atoms with Crippen LogP contribution in [0.15, 0.2) is 22.7 Å². The third-order valence-electron chi connectivity index (χ3n) is 4.28. The number of benzene rings is 1. The zero-order valence-electron chi connectivity index (χ0n) is 14.7. The lowest BCUT2D eigenvalue weighted by molar-refractivity contribution is -0.159. The number of likely N-dealkylation sites (N-methyl/N-ethyl adjacent to an activating group) is 1. The lowest BCUT2D eigenvalue weighted by Gasteiger charge is -2.28. The Bertz CT molecular complexity index is 822. The van der Waals surface area contributed by atoms with E-state index in [0.717, 1.165) is 5.56 Å². The molecule has 1 unspecified atom stereocenters. The maximum atomic E-state index is 12.6. The number of carbonyl (C=O) groups is 1. The van der Waals surface area contributed by atoms with Gasteiger partial charge in [-0.2, -0.15) is 18.2 Å². The molecule has 27 heavy (non-hydrogen) atoms. The Morgan fingerprint density at radius 2 is 2.19 bits per heavy atom. The molecule has 0 aliphatic carbocycles. The summed E-state index contributed by atoms with van der Waals surface area (Å²) >= 11 is 0. The smallest absolute Gasteiger partial charge is 0.471 e. The number of hydrogen-bond donors (Lipinski definition) is 0. The van der Waals surface area contributed by atoms with Crippen LogP contribution >= 0.6 is 0 Å². The van der Waals surface area contributed by atoms with Gasteiger partial charge in [0, 0.05) is 20.0 Å². The van der Waals surface area contributed by atoms with Gasteiger partial charge in [0.2, 0.25) is 5.91 Å². The first-order chi connectivity index (χ1) is 12.8. The summed E-state index contributed by atoms with van der Waals surface area (Å²) in [6, 6.07) is 5.48. The van der Waals surface area contributed by atoms with Crippen LogP contribution in [0.5, 0.6) is 11.5 Å². The number of amides is 1. The molecule has 3 rings (SSSR count). The van der Waals surface area contributed by atoms with Crippen molar-refractivity contribution in [2.45, 2.75) is 19.0 Å². The van der Waals surface area contributed by atoms with E-state index < -0.39 is 12.1 Å². The fraction of sp³-hybridized carbons (Fsp3) is 0.471. The molecule has 10 heteroatoms. The van der Waals surface area contributed by atoms with Crippen LogP contribution in [0, 0.1) is 5.92 Å². The summed E-state index contributed by atoms with van der Waals surface area (Å²) in [5.41, 5.74) is 0.875. The highest BCUT2D eigenvalue weighted by Crippen LogP contribution is 2.36. The Morgan fingerprint density at radius 1 is 1.41 bits per heavy atom. The normalized spacial score (nSPS) is 16.4. The molecule has 0 saturated heterocycles. The maximum Gasteiger partial charge on any atom is 0.471 e. The van der Waals surface area contributed by atoms with Crippen molar-refractivity contribution in [2.24, 2.45) is 5.92 Å². The third kappa shape index (κ3) is 4.15. The van der Waals surface area contributed by atoms with Crippen LogP contribution < -0.4 is 9.47 Å². The van der Waals surface area contributed by atoms with Crippen molar-refractivity contribution >= 4 is 5.91 Å². The van der Waals surface area contributed by atoms with E-state index in [-0.39, 0.29) is 37.2 Å². The average Bonchev–Trinajstić information content (AvgIpc) is 3.14. The number of rotatable bonds is 5. The summed E-state index contributed by atoms with van der Waals surface area (Å²) in [7, 11) is 3.13. The van der Waals surface area contributed by atoms with Crippen LogP contribution in [-0.2, 0) is 23.8 Å². The molecule has 0 radical (unpaired) electrons. The highest BCUT2D eigenvalue weighted by Gasteiger charge is 2.38. The largest absolute Gasteiger partial charge is 0.493 e. The third-order valence-corrected chi connectivity index (χ3v) is 4.28. The SMILES string of the molecule is COc1cccc2c1OCC(C(=O)N(C)CCc1noc(C(F)(F)F)n1)C2. The lowest BCUT2D eigenvalue weighted by atomic mass is 9.95.